The number of carbonyl (C=O) groups excluding carboxylic acids is 2. The van der Waals surface area contributed by atoms with Crippen LogP contribution in [0.3, 0.4) is 0 Å². The zero-order valence-electron chi connectivity index (χ0n) is 11.6. The molecule has 0 spiro atoms. The van der Waals surface area contributed by atoms with E-state index < -0.39 is 18.1 Å². The maximum atomic E-state index is 11.7. The first-order chi connectivity index (χ1) is 8.92. The third-order valence-corrected chi connectivity index (χ3v) is 2.75. The molecule has 0 aliphatic rings. The summed E-state index contributed by atoms with van der Waals surface area (Å²) in [4.78, 5) is 23.2. The summed E-state index contributed by atoms with van der Waals surface area (Å²) in [5, 5.41) is 12.2. The molecular weight excluding hydrogens is 266 g/mol. The Kier molecular flexibility index (Phi) is 9.34. The average Bonchev–Trinajstić information content (AvgIpc) is 2.35. The highest BCUT2D eigenvalue weighted by atomic mass is 32.1. The van der Waals surface area contributed by atoms with E-state index in [1.54, 1.807) is 12.2 Å². The molecule has 2 atom stereocenters. The Labute approximate surface area is 119 Å². The molecule has 0 aliphatic carbocycles. The first-order valence-corrected chi connectivity index (χ1v) is 6.88. The Bertz CT molecular complexity index is 318. The van der Waals surface area contributed by atoms with E-state index in [0.717, 1.165) is 6.42 Å². The number of amides is 1. The number of hydrogen-bond acceptors (Lipinski definition) is 5. The van der Waals surface area contributed by atoms with Crippen LogP contribution in [-0.4, -0.2) is 42.0 Å². The molecule has 0 bridgehead atoms. The minimum absolute atomic E-state index is 0.0757. The second-order valence-electron chi connectivity index (χ2n) is 4.52. The van der Waals surface area contributed by atoms with E-state index >= 15 is 0 Å². The number of ether oxygens (including phenoxy) is 1. The Morgan fingerprint density at radius 2 is 2.05 bits per heavy atom. The van der Waals surface area contributed by atoms with Gasteiger partial charge in [0.1, 0.15) is 6.04 Å². The summed E-state index contributed by atoms with van der Waals surface area (Å²) in [5.74, 6) is -0.253. The van der Waals surface area contributed by atoms with Crippen molar-refractivity contribution < 1.29 is 19.4 Å². The molecule has 2 N–H and O–H groups in total. The molecule has 0 saturated heterocycles. The normalized spacial score (nSPS) is 14.4. The summed E-state index contributed by atoms with van der Waals surface area (Å²) < 4.78 is 4.62. The number of esters is 1. The quantitative estimate of drug-likeness (QED) is 0.353. The lowest BCUT2D eigenvalue weighted by atomic mass is 10.0. The number of methoxy groups -OCH3 is 1. The fraction of sp³-hybridized carbons (Fsp3) is 0.692. The molecule has 0 saturated carbocycles. The molecule has 0 radical (unpaired) electrons. The van der Waals surface area contributed by atoms with Crippen molar-refractivity contribution in [2.24, 2.45) is 5.92 Å². The molecule has 0 aromatic carbocycles. The van der Waals surface area contributed by atoms with E-state index in [9.17, 15) is 14.7 Å². The van der Waals surface area contributed by atoms with E-state index in [4.69, 9.17) is 0 Å². The van der Waals surface area contributed by atoms with Crippen LogP contribution in [0.5, 0.6) is 0 Å². The fourth-order valence-corrected chi connectivity index (χ4v) is 1.59. The Morgan fingerprint density at radius 3 is 2.53 bits per heavy atom. The molecule has 0 aromatic heterocycles. The number of aliphatic hydroxyl groups is 1. The highest BCUT2D eigenvalue weighted by Gasteiger charge is 2.25. The summed E-state index contributed by atoms with van der Waals surface area (Å²) in [6, 6.07) is -0.689. The summed E-state index contributed by atoms with van der Waals surface area (Å²) in [6.07, 6.45) is 3.12. The van der Waals surface area contributed by atoms with Crippen LogP contribution in [0, 0.1) is 5.92 Å². The maximum absolute atomic E-state index is 11.7. The topological polar surface area (TPSA) is 75.6 Å². The van der Waals surface area contributed by atoms with Crippen molar-refractivity contribution in [3.05, 3.63) is 12.2 Å². The van der Waals surface area contributed by atoms with Gasteiger partial charge in [0.25, 0.3) is 0 Å². The monoisotopic (exact) mass is 289 g/mol. The molecule has 0 heterocycles. The van der Waals surface area contributed by atoms with Crippen molar-refractivity contribution in [2.45, 2.75) is 38.8 Å². The van der Waals surface area contributed by atoms with Crippen molar-refractivity contribution in [3.63, 3.8) is 0 Å². The predicted molar refractivity (Wildman–Crippen MR) is 77.0 cm³/mol. The molecule has 19 heavy (non-hydrogen) atoms. The van der Waals surface area contributed by atoms with Gasteiger partial charge in [-0.1, -0.05) is 26.0 Å². The van der Waals surface area contributed by atoms with Crippen LogP contribution < -0.4 is 5.32 Å². The van der Waals surface area contributed by atoms with Gasteiger partial charge in [-0.25, -0.2) is 4.79 Å². The van der Waals surface area contributed by atoms with Crippen LogP contribution in [0.1, 0.15) is 26.7 Å². The highest BCUT2D eigenvalue weighted by molar-refractivity contribution is 7.80. The van der Waals surface area contributed by atoms with Crippen molar-refractivity contribution >= 4 is 24.5 Å². The summed E-state index contributed by atoms with van der Waals surface area (Å²) in [7, 11) is 1.28. The lowest BCUT2D eigenvalue weighted by Gasteiger charge is -2.20. The lowest BCUT2D eigenvalue weighted by Crippen LogP contribution is -2.45. The van der Waals surface area contributed by atoms with Gasteiger partial charge >= 0.3 is 5.97 Å². The van der Waals surface area contributed by atoms with Crippen LogP contribution in [0.4, 0.5) is 0 Å². The zero-order chi connectivity index (χ0) is 14.8. The Morgan fingerprint density at radius 1 is 1.42 bits per heavy atom. The van der Waals surface area contributed by atoms with E-state index in [1.165, 1.54) is 7.11 Å². The molecule has 0 rings (SSSR count). The number of allylic oxidation sites excluding steroid dienone is 1. The molecule has 0 aliphatic heterocycles. The van der Waals surface area contributed by atoms with Gasteiger partial charge in [-0.05, 0) is 18.1 Å². The predicted octanol–water partition coefficient (Wildman–Crippen LogP) is 0.927. The smallest absolute Gasteiger partial charge is 0.328 e. The number of hydrogen-bond donors (Lipinski definition) is 3. The summed E-state index contributed by atoms with van der Waals surface area (Å²) >= 11 is 4.03. The third kappa shape index (κ3) is 7.89. The van der Waals surface area contributed by atoms with Gasteiger partial charge < -0.3 is 15.2 Å². The van der Waals surface area contributed by atoms with Crippen LogP contribution in [0.15, 0.2) is 12.2 Å². The van der Waals surface area contributed by atoms with Crippen LogP contribution >= 0.6 is 12.6 Å². The van der Waals surface area contributed by atoms with E-state index in [1.807, 2.05) is 13.8 Å². The molecule has 5 nitrogen and oxygen atoms in total. The summed E-state index contributed by atoms with van der Waals surface area (Å²) in [6.45, 7) is 3.62. The van der Waals surface area contributed by atoms with Crippen LogP contribution in [0.2, 0.25) is 0 Å². The fourth-order valence-electron chi connectivity index (χ4n) is 1.44. The number of thiol groups is 1. The number of nitrogens with one attached hydrogen (secondary N) is 1. The molecule has 1 unspecified atom stereocenters. The van der Waals surface area contributed by atoms with Crippen molar-refractivity contribution in [1.82, 2.24) is 5.32 Å². The standard InChI is InChI=1S/C13H23NO4S/c1-9(2)12(13(17)18-3)14-11(16)8-10(15)6-4-5-7-19/h4,6,9-10,12,15,19H,5,7-8H2,1-3H3,(H,14,16)/b6-4+/t10?,12-/m0/s1. The SMILES string of the molecule is COC(=O)[C@@H](NC(=O)CC(O)/C=C/CCS)C(C)C. The number of aliphatic hydroxyl groups excluding tert-OH is 1. The Hall–Kier alpha value is -1.01. The second-order valence-corrected chi connectivity index (χ2v) is 4.97. The zero-order valence-corrected chi connectivity index (χ0v) is 12.5. The van der Waals surface area contributed by atoms with Crippen molar-refractivity contribution in [1.29, 1.82) is 0 Å². The first kappa shape index (κ1) is 18.0. The minimum atomic E-state index is -0.856. The van der Waals surface area contributed by atoms with Gasteiger partial charge in [0.15, 0.2) is 0 Å². The Balaban J connectivity index is 4.30. The average molecular weight is 289 g/mol. The number of carbonyl (C=O) groups is 2. The second kappa shape index (κ2) is 9.86. The van der Waals surface area contributed by atoms with Gasteiger partial charge in [0.05, 0.1) is 19.6 Å². The molecule has 0 aromatic rings. The molecule has 6 heteroatoms. The van der Waals surface area contributed by atoms with Gasteiger partial charge in [0, 0.05) is 0 Å². The number of rotatable bonds is 8. The summed E-state index contributed by atoms with van der Waals surface area (Å²) in [5.41, 5.74) is 0. The highest BCUT2D eigenvalue weighted by Crippen LogP contribution is 2.05. The van der Waals surface area contributed by atoms with Gasteiger partial charge in [-0.15, -0.1) is 0 Å². The van der Waals surface area contributed by atoms with Crippen molar-refractivity contribution in [3.8, 4) is 0 Å². The maximum Gasteiger partial charge on any atom is 0.328 e. The van der Waals surface area contributed by atoms with E-state index in [0.29, 0.717) is 5.75 Å². The lowest BCUT2D eigenvalue weighted by molar-refractivity contribution is -0.146. The van der Waals surface area contributed by atoms with Crippen LogP contribution in [-0.2, 0) is 14.3 Å². The van der Waals surface area contributed by atoms with Gasteiger partial charge in [-0.3, -0.25) is 4.79 Å². The first-order valence-electron chi connectivity index (χ1n) is 6.25. The molecule has 110 valence electrons. The third-order valence-electron chi connectivity index (χ3n) is 2.49. The largest absolute Gasteiger partial charge is 0.467 e. The molecule has 0 fully saturated rings. The van der Waals surface area contributed by atoms with E-state index in [-0.39, 0.29) is 18.2 Å². The van der Waals surface area contributed by atoms with Gasteiger partial charge in [0.2, 0.25) is 5.91 Å². The van der Waals surface area contributed by atoms with Crippen LogP contribution in [0.25, 0.3) is 0 Å². The van der Waals surface area contributed by atoms with E-state index in [2.05, 4.69) is 22.7 Å². The molecular formula is C13H23NO4S. The van der Waals surface area contributed by atoms with Gasteiger partial charge in [-0.2, -0.15) is 12.6 Å². The molecule has 1 amide bonds. The minimum Gasteiger partial charge on any atom is -0.467 e. The van der Waals surface area contributed by atoms with Crippen molar-refractivity contribution in [2.75, 3.05) is 12.9 Å².